The number of rotatable bonds is 7. The number of nitrogens with zero attached hydrogens (tertiary/aromatic N) is 2. The van der Waals surface area contributed by atoms with Gasteiger partial charge >= 0.3 is 5.97 Å². The van der Waals surface area contributed by atoms with Crippen LogP contribution in [0.2, 0.25) is 0 Å². The van der Waals surface area contributed by atoms with E-state index in [1.54, 1.807) is 13.1 Å². The molecule has 0 aromatic carbocycles. The van der Waals surface area contributed by atoms with Gasteiger partial charge in [-0.3, -0.25) is 9.88 Å². The van der Waals surface area contributed by atoms with Crippen LogP contribution in [0, 0.1) is 0 Å². The molecule has 0 aliphatic carbocycles. The van der Waals surface area contributed by atoms with Gasteiger partial charge in [-0.25, -0.2) is 4.79 Å². The summed E-state index contributed by atoms with van der Waals surface area (Å²) in [6.07, 6.45) is 0.939. The monoisotopic (exact) mass is 238 g/mol. The smallest absolute Gasteiger partial charge is 0.334 e. The van der Waals surface area contributed by atoms with Crippen LogP contribution in [0.3, 0.4) is 0 Å². The Bertz CT molecular complexity index is 343. The fraction of sp³-hybridized carbons (Fsp3) is 0.500. The van der Waals surface area contributed by atoms with E-state index in [-0.39, 0.29) is 0 Å². The van der Waals surface area contributed by atoms with E-state index < -0.39 is 12.1 Å². The van der Waals surface area contributed by atoms with E-state index in [4.69, 9.17) is 9.84 Å². The van der Waals surface area contributed by atoms with Gasteiger partial charge < -0.3 is 9.84 Å². The molecule has 0 bridgehead atoms. The predicted molar refractivity (Wildman–Crippen MR) is 63.6 cm³/mol. The van der Waals surface area contributed by atoms with Crippen LogP contribution < -0.4 is 0 Å². The number of hydrogen-bond donors (Lipinski definition) is 1. The molecule has 1 aromatic heterocycles. The van der Waals surface area contributed by atoms with Crippen molar-refractivity contribution in [3.05, 3.63) is 30.1 Å². The Hall–Kier alpha value is -1.46. The molecule has 0 aliphatic heterocycles. The first-order valence-electron chi connectivity index (χ1n) is 5.56. The lowest BCUT2D eigenvalue weighted by atomic mass is 10.3. The van der Waals surface area contributed by atoms with Gasteiger partial charge in [0.15, 0.2) is 6.10 Å². The third-order valence-corrected chi connectivity index (χ3v) is 2.28. The van der Waals surface area contributed by atoms with E-state index >= 15 is 0 Å². The van der Waals surface area contributed by atoms with Crippen LogP contribution in [-0.4, -0.2) is 47.3 Å². The van der Waals surface area contributed by atoms with Crippen LogP contribution in [0.4, 0.5) is 0 Å². The highest BCUT2D eigenvalue weighted by Gasteiger charge is 2.19. The number of hydrogen-bond acceptors (Lipinski definition) is 4. The van der Waals surface area contributed by atoms with Crippen LogP contribution in [0.25, 0.3) is 0 Å². The van der Waals surface area contributed by atoms with Crippen LogP contribution in [0.5, 0.6) is 0 Å². The fourth-order valence-electron chi connectivity index (χ4n) is 1.52. The molecule has 0 saturated carbocycles. The van der Waals surface area contributed by atoms with E-state index in [0.29, 0.717) is 19.7 Å². The van der Waals surface area contributed by atoms with Crippen molar-refractivity contribution >= 4 is 5.97 Å². The minimum Gasteiger partial charge on any atom is -0.479 e. The number of ether oxygens (including phenoxy) is 1. The topological polar surface area (TPSA) is 62.7 Å². The highest BCUT2D eigenvalue weighted by atomic mass is 16.5. The summed E-state index contributed by atoms with van der Waals surface area (Å²) in [5, 5.41) is 8.95. The summed E-state index contributed by atoms with van der Waals surface area (Å²) < 4.78 is 5.15. The summed E-state index contributed by atoms with van der Waals surface area (Å²) in [4.78, 5) is 17.0. The van der Waals surface area contributed by atoms with Gasteiger partial charge in [-0.05, 0) is 26.1 Å². The molecule has 1 unspecified atom stereocenters. The zero-order valence-electron chi connectivity index (χ0n) is 10.2. The first-order chi connectivity index (χ1) is 8.13. The Morgan fingerprint density at radius 1 is 1.59 bits per heavy atom. The van der Waals surface area contributed by atoms with Crippen LogP contribution in [-0.2, 0) is 16.1 Å². The second kappa shape index (κ2) is 6.98. The molecule has 0 radical (unpaired) electrons. The van der Waals surface area contributed by atoms with Gasteiger partial charge in [0.25, 0.3) is 0 Å². The normalized spacial score (nSPS) is 12.6. The minimum absolute atomic E-state index is 0.347. The molecule has 0 fully saturated rings. The Kier molecular flexibility index (Phi) is 5.59. The number of likely N-dealkylation sites (N-methyl/N-ethyl adjacent to an activating group) is 1. The molecule has 1 heterocycles. The molecule has 17 heavy (non-hydrogen) atoms. The molecule has 0 amide bonds. The summed E-state index contributed by atoms with van der Waals surface area (Å²) >= 11 is 0. The summed E-state index contributed by atoms with van der Waals surface area (Å²) in [6.45, 7) is 3.14. The van der Waals surface area contributed by atoms with Crippen molar-refractivity contribution in [3.8, 4) is 0 Å². The van der Waals surface area contributed by atoms with E-state index in [2.05, 4.69) is 4.98 Å². The molecule has 1 atom stereocenters. The summed E-state index contributed by atoms with van der Waals surface area (Å²) in [6, 6.07) is 5.67. The first kappa shape index (κ1) is 13.6. The molecule has 94 valence electrons. The average molecular weight is 238 g/mol. The lowest BCUT2D eigenvalue weighted by Crippen LogP contribution is -2.36. The maximum Gasteiger partial charge on any atom is 0.334 e. The van der Waals surface area contributed by atoms with Crippen molar-refractivity contribution in [2.24, 2.45) is 0 Å². The lowest BCUT2D eigenvalue weighted by molar-refractivity contribution is -0.151. The minimum atomic E-state index is -0.931. The Labute approximate surface area is 101 Å². The van der Waals surface area contributed by atoms with Gasteiger partial charge in [-0.1, -0.05) is 6.07 Å². The second-order valence-electron chi connectivity index (χ2n) is 3.80. The van der Waals surface area contributed by atoms with Crippen molar-refractivity contribution in [1.82, 2.24) is 9.88 Å². The van der Waals surface area contributed by atoms with E-state index in [1.165, 1.54) is 0 Å². The second-order valence-corrected chi connectivity index (χ2v) is 3.80. The van der Waals surface area contributed by atoms with Crippen molar-refractivity contribution in [2.45, 2.75) is 19.6 Å². The van der Waals surface area contributed by atoms with Crippen LogP contribution >= 0.6 is 0 Å². The van der Waals surface area contributed by atoms with Crippen molar-refractivity contribution in [1.29, 1.82) is 0 Å². The molecule has 0 spiro atoms. The maximum atomic E-state index is 10.9. The molecule has 0 saturated heterocycles. The molecular formula is C12H18N2O3. The summed E-state index contributed by atoms with van der Waals surface area (Å²) in [7, 11) is 1.85. The number of aromatic nitrogens is 1. The number of carboxylic acid groups (broad SMARTS) is 1. The van der Waals surface area contributed by atoms with Crippen molar-refractivity contribution < 1.29 is 14.6 Å². The quantitative estimate of drug-likeness (QED) is 0.768. The third-order valence-electron chi connectivity index (χ3n) is 2.28. The highest BCUT2D eigenvalue weighted by Crippen LogP contribution is 2.02. The summed E-state index contributed by atoms with van der Waals surface area (Å²) in [5.41, 5.74) is 0.913. The van der Waals surface area contributed by atoms with Gasteiger partial charge in [0.1, 0.15) is 0 Å². The van der Waals surface area contributed by atoms with E-state index in [0.717, 1.165) is 5.69 Å². The Balaban J connectivity index is 2.47. The standard InChI is InChI=1S/C12H18N2O3/c1-3-17-11(12(15)16)9-14(2)8-10-6-4-5-7-13-10/h4-7,11H,3,8-9H2,1-2H3,(H,15,16). The van der Waals surface area contributed by atoms with Crippen molar-refractivity contribution in [3.63, 3.8) is 0 Å². The number of carbonyl (C=O) groups is 1. The fourth-order valence-corrected chi connectivity index (χ4v) is 1.52. The average Bonchev–Trinajstić information content (AvgIpc) is 2.29. The molecule has 1 rings (SSSR count). The Morgan fingerprint density at radius 2 is 2.35 bits per heavy atom. The molecule has 1 N–H and O–H groups in total. The molecular weight excluding hydrogens is 220 g/mol. The van der Waals surface area contributed by atoms with Crippen molar-refractivity contribution in [2.75, 3.05) is 20.2 Å². The van der Waals surface area contributed by atoms with Gasteiger partial charge in [-0.2, -0.15) is 0 Å². The van der Waals surface area contributed by atoms with Gasteiger partial charge in [-0.15, -0.1) is 0 Å². The molecule has 0 aliphatic rings. The van der Waals surface area contributed by atoms with Crippen LogP contribution in [0.15, 0.2) is 24.4 Å². The van der Waals surface area contributed by atoms with Crippen LogP contribution in [0.1, 0.15) is 12.6 Å². The predicted octanol–water partition coefficient (Wildman–Crippen LogP) is 1.00. The maximum absolute atomic E-state index is 10.9. The molecule has 1 aromatic rings. The lowest BCUT2D eigenvalue weighted by Gasteiger charge is -2.20. The zero-order valence-corrected chi connectivity index (χ0v) is 10.2. The molecule has 5 heteroatoms. The van der Waals surface area contributed by atoms with Gasteiger partial charge in [0, 0.05) is 25.9 Å². The molecule has 5 nitrogen and oxygen atoms in total. The summed E-state index contributed by atoms with van der Waals surface area (Å²) in [5.74, 6) is -0.931. The zero-order chi connectivity index (χ0) is 12.7. The number of aliphatic carboxylic acids is 1. The first-order valence-corrected chi connectivity index (χ1v) is 5.56. The highest BCUT2D eigenvalue weighted by molar-refractivity contribution is 5.72. The van der Waals surface area contributed by atoms with Gasteiger partial charge in [0.2, 0.25) is 0 Å². The Morgan fingerprint density at radius 3 is 2.88 bits per heavy atom. The number of carboxylic acids is 1. The van der Waals surface area contributed by atoms with Gasteiger partial charge in [0.05, 0.1) is 5.69 Å². The van der Waals surface area contributed by atoms with E-state index in [1.807, 2.05) is 30.1 Å². The third kappa shape index (κ3) is 4.93. The number of pyridine rings is 1. The largest absolute Gasteiger partial charge is 0.479 e. The van der Waals surface area contributed by atoms with E-state index in [9.17, 15) is 4.79 Å². The SMILES string of the molecule is CCOC(CN(C)Cc1ccccn1)C(=O)O.